The zero-order valence-electron chi connectivity index (χ0n) is 13.1. The summed E-state index contributed by atoms with van der Waals surface area (Å²) in [5.74, 6) is 0.00209. The van der Waals surface area contributed by atoms with Gasteiger partial charge in [-0.1, -0.05) is 52.9 Å². The van der Waals surface area contributed by atoms with Crippen LogP contribution in [0.4, 0.5) is 0 Å². The fraction of sp³-hybridized carbons (Fsp3) is 0.933. The number of carbonyl (C=O) groups is 1. The highest BCUT2D eigenvalue weighted by molar-refractivity contribution is 5.77. The minimum Gasteiger partial charge on any atom is -0.369 e. The molecule has 0 aliphatic rings. The number of amides is 1. The van der Waals surface area contributed by atoms with Crippen LogP contribution in [0.5, 0.6) is 0 Å². The Kier molecular flexibility index (Phi) is 18.0. The van der Waals surface area contributed by atoms with Gasteiger partial charge in [0, 0.05) is 6.54 Å². The number of hydrogen-bond acceptors (Lipinski definition) is 2. The summed E-state index contributed by atoms with van der Waals surface area (Å²) < 4.78 is 5.20. The van der Waals surface area contributed by atoms with Gasteiger partial charge in [0.1, 0.15) is 6.61 Å². The van der Waals surface area contributed by atoms with Crippen LogP contribution in [0.1, 0.15) is 73.1 Å². The van der Waals surface area contributed by atoms with E-state index in [9.17, 15) is 4.79 Å². The van der Waals surface area contributed by atoms with Gasteiger partial charge in [-0.2, -0.15) is 0 Å². The fourth-order valence-electron chi connectivity index (χ4n) is 1.43. The molecule has 0 atom stereocenters. The summed E-state index contributed by atoms with van der Waals surface area (Å²) in [5.41, 5.74) is 0. The zero-order valence-corrected chi connectivity index (χ0v) is 13.1. The maximum atomic E-state index is 11.2. The van der Waals surface area contributed by atoms with E-state index in [1.807, 2.05) is 27.7 Å². The van der Waals surface area contributed by atoms with Gasteiger partial charge in [0.25, 0.3) is 0 Å². The monoisotopic (exact) mass is 259 g/mol. The van der Waals surface area contributed by atoms with Gasteiger partial charge in [0.15, 0.2) is 0 Å². The van der Waals surface area contributed by atoms with Crippen molar-refractivity contribution >= 4 is 5.91 Å². The molecular formula is C15H33NO2. The molecule has 1 amide bonds. The van der Waals surface area contributed by atoms with Crippen molar-refractivity contribution in [1.29, 1.82) is 0 Å². The molecule has 0 bridgehead atoms. The molecule has 0 aromatic rings. The first-order valence-corrected chi connectivity index (χ1v) is 7.55. The number of carbonyl (C=O) groups excluding carboxylic acids is 1. The first-order chi connectivity index (χ1) is 8.66. The molecule has 3 nitrogen and oxygen atoms in total. The Labute approximate surface area is 114 Å². The van der Waals surface area contributed by atoms with E-state index in [2.05, 4.69) is 12.2 Å². The molecule has 0 heterocycles. The van der Waals surface area contributed by atoms with E-state index in [0.717, 1.165) is 13.0 Å². The summed E-state index contributed by atoms with van der Waals surface area (Å²) in [4.78, 5) is 11.2. The Morgan fingerprint density at radius 3 is 2.17 bits per heavy atom. The standard InChI is InChI=1S/C13H27NO2.C2H6/c1-4-5-6-7-8-9-10-14-13(15)11-16-12(2)3;1-2/h12H,4-11H2,1-3H3,(H,14,15);1-2H3. The van der Waals surface area contributed by atoms with Crippen LogP contribution in [0.25, 0.3) is 0 Å². The summed E-state index contributed by atoms with van der Waals surface area (Å²) in [6, 6.07) is 0. The van der Waals surface area contributed by atoms with Crippen LogP contribution in [0.3, 0.4) is 0 Å². The SMILES string of the molecule is CC.CCCCCCCCNC(=O)COC(C)C. The van der Waals surface area contributed by atoms with E-state index in [1.165, 1.54) is 32.1 Å². The third-order valence-electron chi connectivity index (χ3n) is 2.40. The molecule has 0 rings (SSSR count). The second-order valence-corrected chi connectivity index (χ2v) is 4.48. The Morgan fingerprint density at radius 2 is 1.61 bits per heavy atom. The molecule has 0 radical (unpaired) electrons. The second kappa shape index (κ2) is 16.4. The van der Waals surface area contributed by atoms with E-state index in [-0.39, 0.29) is 18.6 Å². The van der Waals surface area contributed by atoms with E-state index in [0.29, 0.717) is 0 Å². The number of nitrogens with one attached hydrogen (secondary N) is 1. The van der Waals surface area contributed by atoms with Crippen LogP contribution >= 0.6 is 0 Å². The van der Waals surface area contributed by atoms with Gasteiger partial charge in [-0.05, 0) is 20.3 Å². The van der Waals surface area contributed by atoms with Crippen LogP contribution in [0, 0.1) is 0 Å². The van der Waals surface area contributed by atoms with Gasteiger partial charge < -0.3 is 10.1 Å². The van der Waals surface area contributed by atoms with Gasteiger partial charge in [-0.25, -0.2) is 0 Å². The second-order valence-electron chi connectivity index (χ2n) is 4.48. The normalized spacial score (nSPS) is 9.89. The molecule has 110 valence electrons. The molecule has 0 saturated carbocycles. The molecule has 0 unspecified atom stereocenters. The van der Waals surface area contributed by atoms with Crippen LogP contribution < -0.4 is 5.32 Å². The highest BCUT2D eigenvalue weighted by Gasteiger charge is 2.01. The molecule has 0 aromatic carbocycles. The van der Waals surface area contributed by atoms with Crippen molar-refractivity contribution < 1.29 is 9.53 Å². The summed E-state index contributed by atoms with van der Waals surface area (Å²) in [6.45, 7) is 11.1. The molecule has 18 heavy (non-hydrogen) atoms. The van der Waals surface area contributed by atoms with Crippen LogP contribution in [-0.2, 0) is 9.53 Å². The molecule has 0 fully saturated rings. The predicted octanol–water partition coefficient (Wildman–Crippen LogP) is 3.91. The minimum atomic E-state index is 0.00209. The smallest absolute Gasteiger partial charge is 0.246 e. The van der Waals surface area contributed by atoms with E-state index in [4.69, 9.17) is 4.74 Å². The lowest BCUT2D eigenvalue weighted by molar-refractivity contribution is -0.127. The molecule has 3 heteroatoms. The van der Waals surface area contributed by atoms with Gasteiger partial charge in [0.2, 0.25) is 5.91 Å². The van der Waals surface area contributed by atoms with Crippen molar-refractivity contribution in [1.82, 2.24) is 5.32 Å². The summed E-state index contributed by atoms with van der Waals surface area (Å²) in [7, 11) is 0. The zero-order chi connectivity index (χ0) is 14.2. The quantitative estimate of drug-likeness (QED) is 0.604. The van der Waals surface area contributed by atoms with Crippen molar-refractivity contribution in [2.45, 2.75) is 79.2 Å². The van der Waals surface area contributed by atoms with Crippen LogP contribution in [0.2, 0.25) is 0 Å². The van der Waals surface area contributed by atoms with Gasteiger partial charge in [0.05, 0.1) is 6.10 Å². The Balaban J connectivity index is 0. The maximum Gasteiger partial charge on any atom is 0.246 e. The topological polar surface area (TPSA) is 38.3 Å². The van der Waals surface area contributed by atoms with Crippen molar-refractivity contribution in [3.63, 3.8) is 0 Å². The molecule has 0 aromatic heterocycles. The minimum absolute atomic E-state index is 0.00209. The van der Waals surface area contributed by atoms with Gasteiger partial charge in [-0.3, -0.25) is 4.79 Å². The lowest BCUT2D eigenvalue weighted by Gasteiger charge is -2.08. The maximum absolute atomic E-state index is 11.2. The van der Waals surface area contributed by atoms with E-state index >= 15 is 0 Å². The van der Waals surface area contributed by atoms with Crippen LogP contribution in [-0.4, -0.2) is 25.2 Å². The lowest BCUT2D eigenvalue weighted by atomic mass is 10.1. The molecule has 0 aliphatic carbocycles. The molecule has 0 spiro atoms. The van der Waals surface area contributed by atoms with Crippen LogP contribution in [0.15, 0.2) is 0 Å². The van der Waals surface area contributed by atoms with Crippen molar-refractivity contribution in [2.24, 2.45) is 0 Å². The van der Waals surface area contributed by atoms with E-state index in [1.54, 1.807) is 0 Å². The van der Waals surface area contributed by atoms with Gasteiger partial charge in [-0.15, -0.1) is 0 Å². The lowest BCUT2D eigenvalue weighted by Crippen LogP contribution is -2.29. The Bertz CT molecular complexity index is 170. The molecule has 0 saturated heterocycles. The number of unbranched alkanes of at least 4 members (excludes halogenated alkanes) is 5. The Morgan fingerprint density at radius 1 is 1.06 bits per heavy atom. The summed E-state index contributed by atoms with van der Waals surface area (Å²) in [6.07, 6.45) is 7.63. The third-order valence-corrected chi connectivity index (χ3v) is 2.40. The van der Waals surface area contributed by atoms with Gasteiger partial charge >= 0.3 is 0 Å². The summed E-state index contributed by atoms with van der Waals surface area (Å²) in [5, 5.41) is 2.86. The first kappa shape index (κ1) is 19.8. The van der Waals surface area contributed by atoms with E-state index < -0.39 is 0 Å². The fourth-order valence-corrected chi connectivity index (χ4v) is 1.43. The van der Waals surface area contributed by atoms with Crippen molar-refractivity contribution in [3.05, 3.63) is 0 Å². The molecule has 0 aliphatic heterocycles. The van der Waals surface area contributed by atoms with Crippen molar-refractivity contribution in [3.8, 4) is 0 Å². The average molecular weight is 259 g/mol. The molecular weight excluding hydrogens is 226 g/mol. The highest BCUT2D eigenvalue weighted by atomic mass is 16.5. The number of hydrogen-bond donors (Lipinski definition) is 1. The summed E-state index contributed by atoms with van der Waals surface area (Å²) >= 11 is 0. The third kappa shape index (κ3) is 17.8. The average Bonchev–Trinajstić information content (AvgIpc) is 2.37. The number of rotatable bonds is 10. The number of ether oxygens (including phenoxy) is 1. The largest absolute Gasteiger partial charge is 0.369 e. The Hall–Kier alpha value is -0.570. The molecule has 1 N–H and O–H groups in total. The highest BCUT2D eigenvalue weighted by Crippen LogP contribution is 2.03. The predicted molar refractivity (Wildman–Crippen MR) is 78.8 cm³/mol. The van der Waals surface area contributed by atoms with Crippen molar-refractivity contribution in [2.75, 3.05) is 13.2 Å². The first-order valence-electron chi connectivity index (χ1n) is 7.55.